The summed E-state index contributed by atoms with van der Waals surface area (Å²) < 4.78 is 1.04. The van der Waals surface area contributed by atoms with Crippen LogP contribution in [0.5, 0.6) is 0 Å². The van der Waals surface area contributed by atoms with Crippen molar-refractivity contribution in [3.63, 3.8) is 0 Å². The van der Waals surface area contributed by atoms with Gasteiger partial charge in [-0.1, -0.05) is 0 Å². The van der Waals surface area contributed by atoms with Gasteiger partial charge in [0.25, 0.3) is 0 Å². The van der Waals surface area contributed by atoms with E-state index in [9.17, 15) is 0 Å². The molecule has 7 heavy (non-hydrogen) atoms. The molecule has 0 N–H and O–H groups in total. The molecule has 1 rings (SSSR count). The van der Waals surface area contributed by atoms with Crippen molar-refractivity contribution in [2.75, 3.05) is 20.1 Å². The molecule has 0 saturated carbocycles. The zero-order chi connectivity index (χ0) is 5.28. The molecular weight excluding hydrogens is 155 g/mol. The third kappa shape index (κ3) is 0.955. The quantitative estimate of drug-likeness (QED) is 0.436. The standard InChI is InChI=1S/C4H7N2Se/c1-6-3-2-5-4(6)7/h2-3H2,1H3. The van der Waals surface area contributed by atoms with E-state index in [1.54, 1.807) is 0 Å². The molecule has 39 valence electrons. The molecule has 2 nitrogen and oxygen atoms in total. The number of rotatable bonds is 0. The maximum atomic E-state index is 4.10. The van der Waals surface area contributed by atoms with Gasteiger partial charge in [-0.2, -0.15) is 0 Å². The van der Waals surface area contributed by atoms with E-state index in [1.807, 2.05) is 7.05 Å². The predicted molar refractivity (Wildman–Crippen MR) is 30.7 cm³/mol. The number of hydrogen-bond acceptors (Lipinski definition) is 2. The van der Waals surface area contributed by atoms with Gasteiger partial charge in [0.15, 0.2) is 0 Å². The molecule has 1 heterocycles. The van der Waals surface area contributed by atoms with Gasteiger partial charge in [0, 0.05) is 0 Å². The number of amidine groups is 1. The van der Waals surface area contributed by atoms with Crippen LogP contribution in [0, 0.1) is 0 Å². The molecule has 0 aromatic rings. The fraction of sp³-hybridized carbons (Fsp3) is 0.750. The second-order valence-corrected chi connectivity index (χ2v) is 2.35. The molecule has 0 spiro atoms. The second-order valence-electron chi connectivity index (χ2n) is 1.59. The second kappa shape index (κ2) is 1.85. The number of aliphatic imine (C=N–C) groups is 1. The van der Waals surface area contributed by atoms with E-state index in [-0.39, 0.29) is 0 Å². The zero-order valence-corrected chi connectivity index (χ0v) is 5.93. The molecule has 0 fully saturated rings. The Balaban J connectivity index is 2.54. The average molecular weight is 162 g/mol. The van der Waals surface area contributed by atoms with Gasteiger partial charge in [-0.25, -0.2) is 0 Å². The topological polar surface area (TPSA) is 15.6 Å². The Labute approximate surface area is 51.4 Å². The van der Waals surface area contributed by atoms with Crippen LogP contribution in [0.4, 0.5) is 0 Å². The summed E-state index contributed by atoms with van der Waals surface area (Å²) in [5, 5.41) is 0. The van der Waals surface area contributed by atoms with Crippen LogP contribution in [-0.2, 0) is 0 Å². The Kier molecular flexibility index (Phi) is 1.35. The molecule has 0 aliphatic carbocycles. The van der Waals surface area contributed by atoms with E-state index < -0.39 is 0 Å². The van der Waals surface area contributed by atoms with Crippen LogP contribution >= 0.6 is 0 Å². The van der Waals surface area contributed by atoms with Crippen molar-refractivity contribution in [1.29, 1.82) is 0 Å². The zero-order valence-electron chi connectivity index (χ0n) is 4.22. The first-order valence-electron chi connectivity index (χ1n) is 2.23. The third-order valence-corrected chi connectivity index (χ3v) is 1.93. The molecule has 0 unspecified atom stereocenters. The number of likely N-dealkylation sites (N-methyl/N-ethyl adjacent to an activating group) is 1. The molecule has 0 aromatic heterocycles. The van der Waals surface area contributed by atoms with Gasteiger partial charge in [0.2, 0.25) is 0 Å². The molecular formula is C4H7N2Se. The van der Waals surface area contributed by atoms with E-state index in [0.717, 1.165) is 17.8 Å². The summed E-state index contributed by atoms with van der Waals surface area (Å²) in [6, 6.07) is 0. The van der Waals surface area contributed by atoms with E-state index in [2.05, 4.69) is 25.9 Å². The molecule has 0 atom stereocenters. The van der Waals surface area contributed by atoms with Crippen molar-refractivity contribution in [1.82, 2.24) is 4.90 Å². The summed E-state index contributed by atoms with van der Waals surface area (Å²) in [6.45, 7) is 2.03. The first kappa shape index (κ1) is 5.13. The van der Waals surface area contributed by atoms with Crippen molar-refractivity contribution in [3.05, 3.63) is 0 Å². The van der Waals surface area contributed by atoms with Gasteiger partial charge in [-0.05, 0) is 0 Å². The Morgan fingerprint density at radius 1 is 1.86 bits per heavy atom. The molecule has 0 amide bonds. The van der Waals surface area contributed by atoms with E-state index in [1.165, 1.54) is 0 Å². The van der Waals surface area contributed by atoms with Crippen molar-refractivity contribution in [3.8, 4) is 0 Å². The first-order chi connectivity index (χ1) is 3.30. The first-order valence-corrected chi connectivity index (χ1v) is 3.09. The van der Waals surface area contributed by atoms with Crippen LogP contribution in [0.3, 0.4) is 0 Å². The summed E-state index contributed by atoms with van der Waals surface area (Å²) in [4.78, 5) is 6.20. The Morgan fingerprint density at radius 3 is 2.71 bits per heavy atom. The average Bonchev–Trinajstić information content (AvgIpc) is 1.91. The molecule has 0 aromatic carbocycles. The van der Waals surface area contributed by atoms with Crippen LogP contribution in [0.1, 0.15) is 0 Å². The predicted octanol–water partition coefficient (Wildman–Crippen LogP) is -0.544. The Hall–Kier alpha value is -0.0105. The van der Waals surface area contributed by atoms with Crippen molar-refractivity contribution in [2.45, 2.75) is 0 Å². The summed E-state index contributed by atoms with van der Waals surface area (Å²) in [5.74, 6) is 0. The van der Waals surface area contributed by atoms with Gasteiger partial charge >= 0.3 is 50.8 Å². The number of hydrogen-bond donors (Lipinski definition) is 0. The SMILES string of the molecule is CN1CCN=C1[Se]. The van der Waals surface area contributed by atoms with Gasteiger partial charge in [0.1, 0.15) is 0 Å². The van der Waals surface area contributed by atoms with Crippen LogP contribution in [0.15, 0.2) is 4.99 Å². The summed E-state index contributed by atoms with van der Waals surface area (Å²) in [6.07, 6.45) is 0. The van der Waals surface area contributed by atoms with Crippen molar-refractivity contribution >= 4 is 20.7 Å². The van der Waals surface area contributed by atoms with Crippen molar-refractivity contribution < 1.29 is 0 Å². The summed E-state index contributed by atoms with van der Waals surface area (Å²) in [7, 11) is 2.03. The molecule has 1 radical (unpaired) electrons. The fourth-order valence-electron chi connectivity index (χ4n) is 0.512. The van der Waals surface area contributed by atoms with Gasteiger partial charge < -0.3 is 0 Å². The minimum atomic E-state index is 0.957. The molecule has 1 aliphatic heterocycles. The Morgan fingerprint density at radius 2 is 2.57 bits per heavy atom. The van der Waals surface area contributed by atoms with Crippen LogP contribution in [0.2, 0.25) is 0 Å². The maximum absolute atomic E-state index is 4.10. The van der Waals surface area contributed by atoms with E-state index >= 15 is 0 Å². The molecule has 0 saturated heterocycles. The van der Waals surface area contributed by atoms with Crippen LogP contribution in [-0.4, -0.2) is 45.8 Å². The van der Waals surface area contributed by atoms with Gasteiger partial charge in [0.05, 0.1) is 0 Å². The summed E-state index contributed by atoms with van der Waals surface area (Å²) >= 11 is 2.86. The fourth-order valence-corrected chi connectivity index (χ4v) is 0.895. The molecule has 3 heteroatoms. The normalized spacial score (nSPS) is 20.1. The molecule has 1 aliphatic rings. The third-order valence-electron chi connectivity index (χ3n) is 1.01. The van der Waals surface area contributed by atoms with Gasteiger partial charge in [-0.15, -0.1) is 0 Å². The Bertz CT molecular complexity index is 99.9. The minimum absolute atomic E-state index is 0.957. The number of nitrogens with zero attached hydrogens (tertiary/aromatic N) is 2. The molecule has 0 bridgehead atoms. The van der Waals surface area contributed by atoms with Crippen LogP contribution < -0.4 is 0 Å². The van der Waals surface area contributed by atoms with Gasteiger partial charge in [-0.3, -0.25) is 0 Å². The van der Waals surface area contributed by atoms with E-state index in [0.29, 0.717) is 0 Å². The monoisotopic (exact) mass is 163 g/mol. The van der Waals surface area contributed by atoms with E-state index in [4.69, 9.17) is 0 Å². The summed E-state index contributed by atoms with van der Waals surface area (Å²) in [5.41, 5.74) is 0. The van der Waals surface area contributed by atoms with Crippen molar-refractivity contribution in [2.24, 2.45) is 4.99 Å². The van der Waals surface area contributed by atoms with Crippen LogP contribution in [0.25, 0.3) is 0 Å².